The van der Waals surface area contributed by atoms with Crippen molar-refractivity contribution in [3.63, 3.8) is 0 Å². The summed E-state index contributed by atoms with van der Waals surface area (Å²) in [5.74, 6) is 0.542. The van der Waals surface area contributed by atoms with E-state index in [9.17, 15) is 8.42 Å². The van der Waals surface area contributed by atoms with E-state index >= 15 is 0 Å². The van der Waals surface area contributed by atoms with E-state index in [1.54, 1.807) is 13.8 Å². The van der Waals surface area contributed by atoms with Gasteiger partial charge in [-0.2, -0.15) is 4.31 Å². The van der Waals surface area contributed by atoms with Gasteiger partial charge in [-0.3, -0.25) is 0 Å². The largest absolute Gasteiger partial charge is 0.472 e. The van der Waals surface area contributed by atoms with Gasteiger partial charge in [0.1, 0.15) is 6.10 Å². The van der Waals surface area contributed by atoms with Gasteiger partial charge in [0, 0.05) is 11.5 Å². The van der Waals surface area contributed by atoms with E-state index in [0.717, 1.165) is 10.9 Å². The number of hydrogen-bond donors (Lipinski definition) is 0. The van der Waals surface area contributed by atoms with Crippen molar-refractivity contribution in [2.24, 2.45) is 0 Å². The molecular formula is C15H18N2O3S. The molecule has 1 aromatic carbocycles. The van der Waals surface area contributed by atoms with Gasteiger partial charge >= 0.3 is 0 Å². The van der Waals surface area contributed by atoms with E-state index in [2.05, 4.69) is 4.98 Å². The molecule has 0 amide bonds. The van der Waals surface area contributed by atoms with Gasteiger partial charge in [-0.05, 0) is 26.0 Å². The standard InChI is InChI=1S/C15H18N2O3S/c1-11(2)21(18,19)17-9-13(10-17)20-15-8-7-12-5-3-4-6-14(12)16-15/h3-8,11,13H,9-10H2,1-2H3. The van der Waals surface area contributed by atoms with Crippen molar-refractivity contribution < 1.29 is 13.2 Å². The van der Waals surface area contributed by atoms with Crippen LogP contribution < -0.4 is 4.74 Å². The topological polar surface area (TPSA) is 59.5 Å². The maximum atomic E-state index is 11.9. The number of aromatic nitrogens is 1. The van der Waals surface area contributed by atoms with Crippen LogP contribution in [0.15, 0.2) is 36.4 Å². The van der Waals surface area contributed by atoms with Crippen LogP contribution in [0, 0.1) is 0 Å². The molecule has 2 heterocycles. The summed E-state index contributed by atoms with van der Waals surface area (Å²) < 4.78 is 31.1. The molecule has 0 radical (unpaired) electrons. The maximum Gasteiger partial charge on any atom is 0.216 e. The summed E-state index contributed by atoms with van der Waals surface area (Å²) in [6.45, 7) is 4.17. The summed E-state index contributed by atoms with van der Waals surface area (Å²) in [5, 5.41) is 0.666. The number of nitrogens with zero attached hydrogens (tertiary/aromatic N) is 2. The van der Waals surface area contributed by atoms with Gasteiger partial charge in [0.15, 0.2) is 0 Å². The second-order valence-electron chi connectivity index (χ2n) is 5.49. The Labute approximate surface area is 124 Å². The van der Waals surface area contributed by atoms with Crippen molar-refractivity contribution in [2.75, 3.05) is 13.1 Å². The minimum Gasteiger partial charge on any atom is -0.472 e. The first-order chi connectivity index (χ1) is 9.96. The lowest BCUT2D eigenvalue weighted by atomic mass is 10.2. The van der Waals surface area contributed by atoms with Gasteiger partial charge in [0.25, 0.3) is 0 Å². The summed E-state index contributed by atoms with van der Waals surface area (Å²) in [5.41, 5.74) is 0.876. The molecule has 0 saturated carbocycles. The third-order valence-corrected chi connectivity index (χ3v) is 5.84. The zero-order chi connectivity index (χ0) is 15.0. The summed E-state index contributed by atoms with van der Waals surface area (Å²) in [6, 6.07) is 11.6. The normalized spacial score (nSPS) is 17.1. The monoisotopic (exact) mass is 306 g/mol. The van der Waals surface area contributed by atoms with Crippen molar-refractivity contribution in [2.45, 2.75) is 25.2 Å². The van der Waals surface area contributed by atoms with E-state index in [-0.39, 0.29) is 6.10 Å². The number of para-hydroxylation sites is 1. The number of rotatable bonds is 4. The Morgan fingerprint density at radius 1 is 1.19 bits per heavy atom. The van der Waals surface area contributed by atoms with E-state index in [1.807, 2.05) is 36.4 Å². The highest BCUT2D eigenvalue weighted by Crippen LogP contribution is 2.23. The molecule has 0 aliphatic carbocycles. The number of benzene rings is 1. The Morgan fingerprint density at radius 3 is 2.62 bits per heavy atom. The van der Waals surface area contributed by atoms with E-state index in [4.69, 9.17) is 4.74 Å². The van der Waals surface area contributed by atoms with Gasteiger partial charge in [0.05, 0.1) is 23.9 Å². The van der Waals surface area contributed by atoms with Gasteiger partial charge in [0.2, 0.25) is 15.9 Å². The van der Waals surface area contributed by atoms with Gasteiger partial charge < -0.3 is 4.74 Å². The summed E-state index contributed by atoms with van der Waals surface area (Å²) >= 11 is 0. The first kappa shape index (κ1) is 14.3. The minimum absolute atomic E-state index is 0.118. The Hall–Kier alpha value is -1.66. The zero-order valence-electron chi connectivity index (χ0n) is 12.1. The average molecular weight is 306 g/mol. The second kappa shape index (κ2) is 5.27. The van der Waals surface area contributed by atoms with Crippen molar-refractivity contribution >= 4 is 20.9 Å². The first-order valence-electron chi connectivity index (χ1n) is 6.98. The summed E-state index contributed by atoms with van der Waals surface area (Å²) in [4.78, 5) is 4.43. The lowest BCUT2D eigenvalue weighted by Gasteiger charge is -2.38. The molecule has 0 atom stereocenters. The van der Waals surface area contributed by atoms with Gasteiger partial charge in [-0.15, -0.1) is 0 Å². The van der Waals surface area contributed by atoms with Crippen LogP contribution >= 0.6 is 0 Å². The molecule has 0 N–H and O–H groups in total. The van der Waals surface area contributed by atoms with Crippen LogP contribution in [0.5, 0.6) is 5.88 Å². The molecule has 1 saturated heterocycles. The Kier molecular flexibility index (Phi) is 3.59. The van der Waals surface area contributed by atoms with Crippen LogP contribution in [0.2, 0.25) is 0 Å². The fourth-order valence-corrected chi connectivity index (χ4v) is 3.61. The Bertz CT molecular complexity index is 752. The minimum atomic E-state index is -3.17. The predicted octanol–water partition coefficient (Wildman–Crippen LogP) is 2.04. The number of sulfonamides is 1. The average Bonchev–Trinajstić information content (AvgIpc) is 2.41. The van der Waals surface area contributed by atoms with Crippen LogP contribution in [0.4, 0.5) is 0 Å². The van der Waals surface area contributed by atoms with Crippen molar-refractivity contribution in [1.29, 1.82) is 0 Å². The van der Waals surface area contributed by atoms with Crippen LogP contribution in [-0.4, -0.2) is 42.2 Å². The molecule has 0 bridgehead atoms. The molecule has 2 aromatic rings. The highest BCUT2D eigenvalue weighted by molar-refractivity contribution is 7.89. The smallest absolute Gasteiger partial charge is 0.216 e. The molecule has 6 heteroatoms. The molecule has 3 rings (SSSR count). The molecule has 0 unspecified atom stereocenters. The van der Waals surface area contributed by atoms with Gasteiger partial charge in [-0.25, -0.2) is 13.4 Å². The van der Waals surface area contributed by atoms with Crippen molar-refractivity contribution in [1.82, 2.24) is 9.29 Å². The Balaban J connectivity index is 1.66. The second-order valence-corrected chi connectivity index (χ2v) is 7.98. The number of ether oxygens (including phenoxy) is 1. The third-order valence-electron chi connectivity index (χ3n) is 3.63. The molecule has 1 fully saturated rings. The summed E-state index contributed by atoms with van der Waals surface area (Å²) in [6.07, 6.45) is -0.118. The maximum absolute atomic E-state index is 11.9. The molecular weight excluding hydrogens is 288 g/mol. The van der Waals surface area contributed by atoms with E-state index in [1.165, 1.54) is 4.31 Å². The summed E-state index contributed by atoms with van der Waals surface area (Å²) in [7, 11) is -3.17. The van der Waals surface area contributed by atoms with Crippen molar-refractivity contribution in [3.05, 3.63) is 36.4 Å². The van der Waals surface area contributed by atoms with Gasteiger partial charge in [-0.1, -0.05) is 18.2 Å². The number of fused-ring (bicyclic) bond motifs is 1. The molecule has 21 heavy (non-hydrogen) atoms. The van der Waals surface area contributed by atoms with Crippen LogP contribution in [0.1, 0.15) is 13.8 Å². The molecule has 1 aromatic heterocycles. The molecule has 112 valence electrons. The van der Waals surface area contributed by atoms with E-state index in [0.29, 0.717) is 19.0 Å². The van der Waals surface area contributed by atoms with Crippen LogP contribution in [0.3, 0.4) is 0 Å². The Morgan fingerprint density at radius 2 is 1.90 bits per heavy atom. The highest BCUT2D eigenvalue weighted by atomic mass is 32.2. The fraction of sp³-hybridized carbons (Fsp3) is 0.400. The van der Waals surface area contributed by atoms with Crippen molar-refractivity contribution in [3.8, 4) is 5.88 Å². The predicted molar refractivity (Wildman–Crippen MR) is 81.8 cm³/mol. The van der Waals surface area contributed by atoms with Crippen LogP contribution in [0.25, 0.3) is 10.9 Å². The number of pyridine rings is 1. The molecule has 1 aliphatic rings. The van der Waals surface area contributed by atoms with E-state index < -0.39 is 15.3 Å². The number of hydrogen-bond acceptors (Lipinski definition) is 4. The fourth-order valence-electron chi connectivity index (χ4n) is 2.26. The first-order valence-corrected chi connectivity index (χ1v) is 8.48. The quantitative estimate of drug-likeness (QED) is 0.867. The molecule has 0 spiro atoms. The highest BCUT2D eigenvalue weighted by Gasteiger charge is 2.38. The lowest BCUT2D eigenvalue weighted by Crippen LogP contribution is -2.57. The third kappa shape index (κ3) is 2.73. The molecule has 5 nitrogen and oxygen atoms in total. The van der Waals surface area contributed by atoms with Crippen LogP contribution in [-0.2, 0) is 10.0 Å². The zero-order valence-corrected chi connectivity index (χ0v) is 12.9. The molecule has 1 aliphatic heterocycles. The SMILES string of the molecule is CC(C)S(=O)(=O)N1CC(Oc2ccc3ccccc3n2)C1. The lowest BCUT2D eigenvalue weighted by molar-refractivity contribution is 0.0719.